The summed E-state index contributed by atoms with van der Waals surface area (Å²) in [5.41, 5.74) is 0. The molecule has 0 saturated heterocycles. The Morgan fingerprint density at radius 1 is 0.273 bits per heavy atom. The molecule has 0 saturated carbocycles. The quantitative estimate of drug-likeness (QED) is 0.0261. The normalized spacial score (nSPS) is 12.7. The van der Waals surface area contributed by atoms with E-state index >= 15 is 0 Å². The fourth-order valence-corrected chi connectivity index (χ4v) is 9.23. The first kappa shape index (κ1) is 73.3. The van der Waals surface area contributed by atoms with Gasteiger partial charge < -0.3 is 14.2 Å². The van der Waals surface area contributed by atoms with Crippen molar-refractivity contribution in [3.05, 3.63) is 97.2 Å². The average Bonchev–Trinajstić information content (AvgIpc) is 3.43. The topological polar surface area (TPSA) is 78.9 Å². The second-order valence-electron chi connectivity index (χ2n) is 21.7. The van der Waals surface area contributed by atoms with Crippen molar-refractivity contribution in [1.82, 2.24) is 0 Å². The summed E-state index contributed by atoms with van der Waals surface area (Å²) >= 11 is 0. The molecule has 0 amide bonds. The third kappa shape index (κ3) is 63.0. The Balaban J connectivity index is 4.05. The van der Waals surface area contributed by atoms with Crippen LogP contribution in [0.5, 0.6) is 0 Å². The van der Waals surface area contributed by atoms with Crippen LogP contribution in [-0.4, -0.2) is 37.2 Å². The van der Waals surface area contributed by atoms with Gasteiger partial charge in [0.15, 0.2) is 6.10 Å². The van der Waals surface area contributed by atoms with E-state index in [4.69, 9.17) is 14.2 Å². The fraction of sp³-hybridized carbons (Fsp3) is 0.732. The van der Waals surface area contributed by atoms with Crippen LogP contribution < -0.4 is 0 Å². The maximum Gasteiger partial charge on any atom is 0.306 e. The van der Waals surface area contributed by atoms with E-state index in [0.29, 0.717) is 19.3 Å². The first-order valence-electron chi connectivity index (χ1n) is 32.7. The predicted octanol–water partition coefficient (Wildman–Crippen LogP) is 22.4. The van der Waals surface area contributed by atoms with Crippen molar-refractivity contribution in [2.24, 2.45) is 0 Å². The molecule has 0 heterocycles. The first-order valence-corrected chi connectivity index (χ1v) is 32.7. The Hall–Kier alpha value is -3.67. The number of hydrogen-bond acceptors (Lipinski definition) is 6. The van der Waals surface area contributed by atoms with Crippen molar-refractivity contribution in [3.63, 3.8) is 0 Å². The van der Waals surface area contributed by atoms with Gasteiger partial charge in [0.2, 0.25) is 0 Å². The van der Waals surface area contributed by atoms with Gasteiger partial charge in [0.25, 0.3) is 0 Å². The lowest BCUT2D eigenvalue weighted by atomic mass is 10.0. The van der Waals surface area contributed by atoms with Crippen LogP contribution >= 0.6 is 0 Å². The molecule has 1 unspecified atom stereocenters. The van der Waals surface area contributed by atoms with E-state index in [0.717, 1.165) is 122 Å². The van der Waals surface area contributed by atoms with Gasteiger partial charge in [-0.1, -0.05) is 311 Å². The van der Waals surface area contributed by atoms with Gasteiger partial charge in [0, 0.05) is 19.3 Å². The van der Waals surface area contributed by atoms with Gasteiger partial charge in [-0.15, -0.1) is 0 Å². The third-order valence-corrected chi connectivity index (χ3v) is 14.1. The minimum Gasteiger partial charge on any atom is -0.462 e. The number of esters is 3. The van der Waals surface area contributed by atoms with Crippen LogP contribution in [0.4, 0.5) is 0 Å². The molecule has 0 bridgehead atoms. The second-order valence-corrected chi connectivity index (χ2v) is 21.7. The van der Waals surface area contributed by atoms with E-state index in [1.165, 1.54) is 154 Å². The molecule has 0 radical (unpaired) electrons. The number of unbranched alkanes of at least 4 members (excludes halogenated alkanes) is 32. The molecule has 6 nitrogen and oxygen atoms in total. The van der Waals surface area contributed by atoms with Crippen molar-refractivity contribution in [3.8, 4) is 0 Å². The van der Waals surface area contributed by atoms with E-state index in [1.807, 2.05) is 0 Å². The number of allylic oxidation sites excluding steroid dienone is 16. The van der Waals surface area contributed by atoms with Crippen LogP contribution in [0, 0.1) is 0 Å². The molecule has 77 heavy (non-hydrogen) atoms. The molecular formula is C71H122O6. The molecule has 0 fully saturated rings. The zero-order valence-electron chi connectivity index (χ0n) is 50.7. The molecule has 0 rings (SSSR count). The van der Waals surface area contributed by atoms with Crippen LogP contribution in [0.25, 0.3) is 0 Å². The predicted molar refractivity (Wildman–Crippen MR) is 334 cm³/mol. The van der Waals surface area contributed by atoms with Crippen molar-refractivity contribution >= 4 is 17.9 Å². The number of ether oxygens (including phenoxy) is 3. The van der Waals surface area contributed by atoms with Crippen molar-refractivity contribution in [1.29, 1.82) is 0 Å². The molecule has 0 N–H and O–H groups in total. The Labute approximate surface area is 477 Å². The smallest absolute Gasteiger partial charge is 0.306 e. The number of hydrogen-bond donors (Lipinski definition) is 0. The largest absolute Gasteiger partial charge is 0.462 e. The fourth-order valence-electron chi connectivity index (χ4n) is 9.23. The number of carbonyl (C=O) groups excluding carboxylic acids is 3. The van der Waals surface area contributed by atoms with Gasteiger partial charge in [0.1, 0.15) is 13.2 Å². The highest BCUT2D eigenvalue weighted by Crippen LogP contribution is 2.17. The summed E-state index contributed by atoms with van der Waals surface area (Å²) in [7, 11) is 0. The SMILES string of the molecule is CC/C=C\C/C=C\C/C=C\C/C=C\C/C=C\C/C=C\C/C=C\C/C=C\CCCCCCCCCCC(=O)OCC(COC(=O)CCCCCCC)OC(=O)CCCCCCCCCCCCCCCCCCCCCCC. The molecule has 442 valence electrons. The van der Waals surface area contributed by atoms with Crippen LogP contribution in [0.1, 0.15) is 316 Å². The molecule has 6 heteroatoms. The Morgan fingerprint density at radius 2 is 0.506 bits per heavy atom. The van der Waals surface area contributed by atoms with E-state index in [1.54, 1.807) is 0 Å². The molecule has 1 atom stereocenters. The van der Waals surface area contributed by atoms with E-state index in [2.05, 4.69) is 118 Å². The van der Waals surface area contributed by atoms with Crippen molar-refractivity contribution in [2.45, 2.75) is 322 Å². The highest BCUT2D eigenvalue weighted by molar-refractivity contribution is 5.71. The average molecular weight is 1070 g/mol. The van der Waals surface area contributed by atoms with Gasteiger partial charge in [-0.25, -0.2) is 0 Å². The van der Waals surface area contributed by atoms with Crippen molar-refractivity contribution in [2.75, 3.05) is 13.2 Å². The second kappa shape index (κ2) is 64.9. The van der Waals surface area contributed by atoms with E-state index in [9.17, 15) is 14.4 Å². The Morgan fingerprint density at radius 3 is 0.792 bits per heavy atom. The van der Waals surface area contributed by atoms with Gasteiger partial charge in [-0.3, -0.25) is 14.4 Å². The zero-order chi connectivity index (χ0) is 55.7. The van der Waals surface area contributed by atoms with Gasteiger partial charge in [-0.05, 0) is 83.5 Å². The lowest BCUT2D eigenvalue weighted by Gasteiger charge is -2.18. The first-order chi connectivity index (χ1) is 38.0. The summed E-state index contributed by atoms with van der Waals surface area (Å²) in [4.78, 5) is 37.9. The summed E-state index contributed by atoms with van der Waals surface area (Å²) in [6, 6.07) is 0. The Bertz CT molecular complexity index is 1510. The lowest BCUT2D eigenvalue weighted by molar-refractivity contribution is -0.167. The van der Waals surface area contributed by atoms with Crippen LogP contribution in [0.2, 0.25) is 0 Å². The highest BCUT2D eigenvalue weighted by atomic mass is 16.6. The number of carbonyl (C=O) groups is 3. The Kier molecular flexibility index (Phi) is 61.8. The van der Waals surface area contributed by atoms with Gasteiger partial charge >= 0.3 is 17.9 Å². The van der Waals surface area contributed by atoms with Crippen LogP contribution in [0.15, 0.2) is 97.2 Å². The molecule has 0 aliphatic rings. The summed E-state index contributed by atoms with van der Waals surface area (Å²) in [5.74, 6) is -0.888. The summed E-state index contributed by atoms with van der Waals surface area (Å²) in [5, 5.41) is 0. The zero-order valence-corrected chi connectivity index (χ0v) is 50.7. The maximum absolute atomic E-state index is 12.8. The van der Waals surface area contributed by atoms with Gasteiger partial charge in [-0.2, -0.15) is 0 Å². The van der Waals surface area contributed by atoms with Gasteiger partial charge in [0.05, 0.1) is 0 Å². The van der Waals surface area contributed by atoms with E-state index in [-0.39, 0.29) is 31.1 Å². The monoisotopic (exact) mass is 1070 g/mol. The highest BCUT2D eigenvalue weighted by Gasteiger charge is 2.19. The maximum atomic E-state index is 12.8. The number of rotatable bonds is 59. The molecule has 0 aliphatic heterocycles. The van der Waals surface area contributed by atoms with Crippen LogP contribution in [0.3, 0.4) is 0 Å². The summed E-state index contributed by atoms with van der Waals surface area (Å²) in [6.07, 6.45) is 87.5. The summed E-state index contributed by atoms with van der Waals surface area (Å²) in [6.45, 7) is 6.47. The molecule has 0 aromatic carbocycles. The molecule has 0 aromatic rings. The molecule has 0 spiro atoms. The molecular weight excluding hydrogens is 949 g/mol. The van der Waals surface area contributed by atoms with Crippen molar-refractivity contribution < 1.29 is 28.6 Å². The van der Waals surface area contributed by atoms with Crippen LogP contribution in [-0.2, 0) is 28.6 Å². The molecule has 0 aromatic heterocycles. The lowest BCUT2D eigenvalue weighted by Crippen LogP contribution is -2.30. The minimum atomic E-state index is -0.776. The standard InChI is InChI=1S/C71H122O6/c1-4-7-10-13-15-17-19-21-23-25-27-29-30-31-32-33-34-35-36-37-38-39-40-42-43-45-47-49-51-53-55-58-61-64-70(73)76-67-68(66-75-69(72)63-60-57-12-9-6-3)77-71(74)65-62-59-56-54-52-50-48-46-44-41-28-26-24-22-20-18-16-14-11-8-5-2/h7,10,15,17,21,23,27,29,31-32,34-35,37-38,40,42,68H,4-6,8-9,11-14,16,18-20,22,24-26,28,30,33,36,39,41,43-67H2,1-3H3/b10-7-,17-15-,23-21-,29-27-,32-31-,35-34-,38-37-,42-40-. The van der Waals surface area contributed by atoms with E-state index < -0.39 is 6.10 Å². The minimum absolute atomic E-state index is 0.0773. The summed E-state index contributed by atoms with van der Waals surface area (Å²) < 4.78 is 16.8. The third-order valence-electron chi connectivity index (χ3n) is 14.1. The molecule has 0 aliphatic carbocycles.